The van der Waals surface area contributed by atoms with E-state index in [2.05, 4.69) is 5.32 Å². The van der Waals surface area contributed by atoms with Gasteiger partial charge in [-0.15, -0.1) is 0 Å². The van der Waals surface area contributed by atoms with Gasteiger partial charge >= 0.3 is 0 Å². The molecule has 1 aliphatic heterocycles. The van der Waals surface area contributed by atoms with Gasteiger partial charge in [-0.1, -0.05) is 0 Å². The molecule has 3 nitrogen and oxygen atoms in total. The van der Waals surface area contributed by atoms with Gasteiger partial charge in [-0.05, 0) is 61.7 Å². The third-order valence-electron chi connectivity index (χ3n) is 6.10. The summed E-state index contributed by atoms with van der Waals surface area (Å²) in [7, 11) is -2.85. The molecule has 0 aromatic heterocycles. The molecule has 1 unspecified atom stereocenters. The first kappa shape index (κ1) is 11.7. The molecule has 0 aromatic carbocycles. The Morgan fingerprint density at radius 2 is 1.50 bits per heavy atom. The molecule has 5 rings (SSSR count). The maximum Gasteiger partial charge on any atom is 0.156 e. The zero-order chi connectivity index (χ0) is 12.4. The lowest BCUT2D eigenvalue weighted by Crippen LogP contribution is -2.59. The fraction of sp³-hybridized carbons (Fsp3) is 1.00. The van der Waals surface area contributed by atoms with Crippen molar-refractivity contribution < 1.29 is 8.42 Å². The van der Waals surface area contributed by atoms with Gasteiger partial charge in [-0.3, -0.25) is 0 Å². The number of rotatable bonds is 1. The van der Waals surface area contributed by atoms with Crippen LogP contribution in [0.2, 0.25) is 0 Å². The van der Waals surface area contributed by atoms with Gasteiger partial charge < -0.3 is 5.32 Å². The fourth-order valence-electron chi connectivity index (χ4n) is 5.89. The van der Waals surface area contributed by atoms with E-state index in [4.69, 9.17) is 0 Å². The highest BCUT2D eigenvalue weighted by atomic mass is 32.2. The van der Waals surface area contributed by atoms with Crippen molar-refractivity contribution in [3.8, 4) is 0 Å². The van der Waals surface area contributed by atoms with Gasteiger partial charge in [0.2, 0.25) is 0 Å². The van der Waals surface area contributed by atoms with Crippen LogP contribution in [0.15, 0.2) is 0 Å². The molecule has 5 aliphatic rings. The van der Waals surface area contributed by atoms with Crippen LogP contribution in [0.4, 0.5) is 0 Å². The Kier molecular flexibility index (Phi) is 2.42. The molecule has 1 heterocycles. The Labute approximate surface area is 110 Å². The van der Waals surface area contributed by atoms with Crippen LogP contribution in [0.5, 0.6) is 0 Å². The summed E-state index contributed by atoms with van der Waals surface area (Å²) in [6.45, 7) is 1.37. The van der Waals surface area contributed by atoms with Crippen LogP contribution in [-0.4, -0.2) is 32.5 Å². The highest BCUT2D eigenvalue weighted by Crippen LogP contribution is 2.62. The monoisotopic (exact) mass is 269 g/mol. The maximum absolute atomic E-state index is 12.5. The van der Waals surface area contributed by atoms with Gasteiger partial charge in [0, 0.05) is 13.1 Å². The molecular formula is C14H23NO2S. The van der Waals surface area contributed by atoms with Crippen molar-refractivity contribution >= 4 is 9.84 Å². The summed E-state index contributed by atoms with van der Waals surface area (Å²) in [6.07, 6.45) is 7.76. The molecule has 102 valence electrons. The van der Waals surface area contributed by atoms with Crippen molar-refractivity contribution in [2.24, 2.45) is 23.2 Å². The first-order chi connectivity index (χ1) is 8.57. The van der Waals surface area contributed by atoms with Crippen LogP contribution in [0, 0.1) is 23.2 Å². The van der Waals surface area contributed by atoms with Crippen molar-refractivity contribution in [3.63, 3.8) is 0 Å². The first-order valence-corrected chi connectivity index (χ1v) is 9.21. The van der Waals surface area contributed by atoms with Crippen molar-refractivity contribution in [1.29, 1.82) is 0 Å². The lowest BCUT2D eigenvalue weighted by molar-refractivity contribution is -0.0548. The Hall–Kier alpha value is -0.0900. The molecule has 4 bridgehead atoms. The fourth-order valence-corrected chi connectivity index (χ4v) is 8.02. The van der Waals surface area contributed by atoms with E-state index in [1.807, 2.05) is 0 Å². The van der Waals surface area contributed by atoms with Gasteiger partial charge in [-0.2, -0.15) is 0 Å². The summed E-state index contributed by atoms with van der Waals surface area (Å²) >= 11 is 0. The lowest BCUT2D eigenvalue weighted by Gasteiger charge is -2.59. The highest BCUT2D eigenvalue weighted by Gasteiger charge is 2.57. The zero-order valence-electron chi connectivity index (χ0n) is 10.9. The molecule has 0 radical (unpaired) electrons. The molecule has 4 aliphatic carbocycles. The second-order valence-electron chi connectivity index (χ2n) is 7.34. The molecule has 0 spiro atoms. The summed E-state index contributed by atoms with van der Waals surface area (Å²) in [6, 6.07) is 0. The van der Waals surface area contributed by atoms with Crippen LogP contribution < -0.4 is 5.32 Å². The lowest BCUT2D eigenvalue weighted by atomic mass is 9.48. The van der Waals surface area contributed by atoms with Crippen LogP contribution in [0.25, 0.3) is 0 Å². The van der Waals surface area contributed by atoms with Crippen LogP contribution >= 0.6 is 0 Å². The minimum absolute atomic E-state index is 0.0767. The summed E-state index contributed by atoms with van der Waals surface area (Å²) < 4.78 is 24.9. The number of hydrogen-bond acceptors (Lipinski definition) is 3. The molecular weight excluding hydrogens is 246 g/mol. The van der Waals surface area contributed by atoms with Crippen molar-refractivity contribution in [1.82, 2.24) is 5.32 Å². The van der Waals surface area contributed by atoms with Crippen LogP contribution in [0.1, 0.15) is 38.5 Å². The second-order valence-corrected chi connectivity index (χ2v) is 9.64. The van der Waals surface area contributed by atoms with E-state index in [-0.39, 0.29) is 10.7 Å². The zero-order valence-corrected chi connectivity index (χ0v) is 11.7. The molecule has 1 saturated heterocycles. The van der Waals surface area contributed by atoms with Gasteiger partial charge in [0.1, 0.15) is 0 Å². The topological polar surface area (TPSA) is 46.2 Å². The molecule has 1 N–H and O–H groups in total. The average molecular weight is 269 g/mol. The third kappa shape index (κ3) is 1.61. The van der Waals surface area contributed by atoms with E-state index in [9.17, 15) is 8.42 Å². The minimum atomic E-state index is -2.85. The number of sulfone groups is 1. The first-order valence-electron chi connectivity index (χ1n) is 7.50. The molecule has 4 heteroatoms. The standard InChI is InChI=1S/C14H23NO2S/c16-18(17)2-1-15-9-13(18)14-6-10-3-11(7-14)5-12(4-10)8-14/h10-13,15H,1-9H2. The van der Waals surface area contributed by atoms with Gasteiger partial charge in [0.05, 0.1) is 11.0 Å². The minimum Gasteiger partial charge on any atom is -0.314 e. The molecule has 1 atom stereocenters. The van der Waals surface area contributed by atoms with E-state index >= 15 is 0 Å². The molecule has 18 heavy (non-hydrogen) atoms. The number of nitrogens with one attached hydrogen (secondary N) is 1. The van der Waals surface area contributed by atoms with E-state index in [0.29, 0.717) is 18.8 Å². The quantitative estimate of drug-likeness (QED) is 0.786. The second kappa shape index (κ2) is 3.72. The van der Waals surface area contributed by atoms with Crippen LogP contribution in [0.3, 0.4) is 0 Å². The Morgan fingerprint density at radius 1 is 0.944 bits per heavy atom. The predicted molar refractivity (Wildman–Crippen MR) is 71.0 cm³/mol. The van der Waals surface area contributed by atoms with E-state index < -0.39 is 9.84 Å². The Morgan fingerprint density at radius 3 is 2.00 bits per heavy atom. The summed E-state index contributed by atoms with van der Waals surface area (Å²) in [5, 5.41) is 3.26. The molecule has 0 aromatic rings. The SMILES string of the molecule is O=S1(=O)CCNCC1C12CC3CC(CC(C3)C1)C2. The van der Waals surface area contributed by atoms with Crippen molar-refractivity contribution in [3.05, 3.63) is 0 Å². The molecule has 5 fully saturated rings. The number of hydrogen-bond donors (Lipinski definition) is 1. The van der Waals surface area contributed by atoms with Crippen molar-refractivity contribution in [2.75, 3.05) is 18.8 Å². The maximum atomic E-state index is 12.5. The third-order valence-corrected chi connectivity index (χ3v) is 8.40. The summed E-state index contributed by atoms with van der Waals surface area (Å²) in [5.74, 6) is 2.88. The smallest absolute Gasteiger partial charge is 0.156 e. The van der Waals surface area contributed by atoms with Gasteiger partial charge in [0.25, 0.3) is 0 Å². The molecule has 4 saturated carbocycles. The van der Waals surface area contributed by atoms with Gasteiger partial charge in [0.15, 0.2) is 9.84 Å². The summed E-state index contributed by atoms with van der Waals surface area (Å²) in [5.41, 5.74) is 0.154. The van der Waals surface area contributed by atoms with E-state index in [1.165, 1.54) is 38.5 Å². The Bertz CT molecular complexity index is 421. The van der Waals surface area contributed by atoms with Crippen molar-refractivity contribution in [2.45, 2.75) is 43.8 Å². The average Bonchev–Trinajstić information content (AvgIpc) is 2.25. The largest absolute Gasteiger partial charge is 0.314 e. The van der Waals surface area contributed by atoms with Crippen LogP contribution in [-0.2, 0) is 9.84 Å². The van der Waals surface area contributed by atoms with E-state index in [1.54, 1.807) is 0 Å². The summed E-state index contributed by atoms with van der Waals surface area (Å²) in [4.78, 5) is 0. The predicted octanol–water partition coefficient (Wildman–Crippen LogP) is 1.59. The highest BCUT2D eigenvalue weighted by molar-refractivity contribution is 7.92. The molecule has 0 amide bonds. The van der Waals surface area contributed by atoms with E-state index in [0.717, 1.165) is 17.8 Å². The van der Waals surface area contributed by atoms with Gasteiger partial charge in [-0.25, -0.2) is 8.42 Å². The Balaban J connectivity index is 1.71. The normalized spacial score (nSPS) is 53.6.